The maximum absolute atomic E-state index is 9.16. The summed E-state index contributed by atoms with van der Waals surface area (Å²) in [5.74, 6) is 1.17. The Balaban J connectivity index is 2.51. The van der Waals surface area contributed by atoms with Gasteiger partial charge in [-0.25, -0.2) is 9.97 Å². The van der Waals surface area contributed by atoms with Crippen LogP contribution in [-0.2, 0) is 0 Å². The van der Waals surface area contributed by atoms with Gasteiger partial charge in [0.15, 0.2) is 11.6 Å². The molecule has 0 saturated heterocycles. The van der Waals surface area contributed by atoms with Gasteiger partial charge in [0.05, 0.1) is 12.4 Å². The predicted molar refractivity (Wildman–Crippen MR) is 63.2 cm³/mol. The zero-order valence-electron chi connectivity index (χ0n) is 9.38. The van der Waals surface area contributed by atoms with Crippen LogP contribution in [0.4, 0.5) is 0 Å². The standard InChI is InChI=1S/C13H14N2O/c1-9(2)11-5-3-4-6-12(11)13-14-7-10(16)8-15-13/h3-9,16H,1-2H3. The average Bonchev–Trinajstić information content (AvgIpc) is 2.30. The molecule has 0 fully saturated rings. The summed E-state index contributed by atoms with van der Waals surface area (Å²) in [7, 11) is 0. The van der Waals surface area contributed by atoms with E-state index >= 15 is 0 Å². The number of aromatic nitrogens is 2. The first-order valence-electron chi connectivity index (χ1n) is 5.29. The van der Waals surface area contributed by atoms with Crippen LogP contribution in [0.25, 0.3) is 11.4 Å². The molecule has 2 rings (SSSR count). The monoisotopic (exact) mass is 214 g/mol. The van der Waals surface area contributed by atoms with Crippen LogP contribution >= 0.6 is 0 Å². The largest absolute Gasteiger partial charge is 0.505 e. The Bertz CT molecular complexity index is 478. The van der Waals surface area contributed by atoms with E-state index in [2.05, 4.69) is 29.9 Å². The summed E-state index contributed by atoms with van der Waals surface area (Å²) in [6, 6.07) is 8.06. The van der Waals surface area contributed by atoms with Crippen molar-refractivity contribution in [3.63, 3.8) is 0 Å². The van der Waals surface area contributed by atoms with Gasteiger partial charge in [-0.1, -0.05) is 38.1 Å². The molecule has 0 aliphatic heterocycles. The molecule has 0 atom stereocenters. The van der Waals surface area contributed by atoms with Gasteiger partial charge >= 0.3 is 0 Å². The third kappa shape index (κ3) is 2.03. The molecule has 0 spiro atoms. The molecule has 1 aromatic carbocycles. The second kappa shape index (κ2) is 4.31. The molecule has 0 radical (unpaired) electrons. The van der Waals surface area contributed by atoms with Crippen LogP contribution < -0.4 is 0 Å². The lowest BCUT2D eigenvalue weighted by Crippen LogP contribution is -1.95. The Labute approximate surface area is 94.8 Å². The Morgan fingerprint density at radius 3 is 2.31 bits per heavy atom. The summed E-state index contributed by atoms with van der Waals surface area (Å²) in [5, 5.41) is 9.16. The zero-order valence-corrected chi connectivity index (χ0v) is 9.38. The van der Waals surface area contributed by atoms with Gasteiger partial charge in [0.25, 0.3) is 0 Å². The van der Waals surface area contributed by atoms with Crippen LogP contribution in [0.15, 0.2) is 36.7 Å². The molecule has 0 amide bonds. The van der Waals surface area contributed by atoms with E-state index in [4.69, 9.17) is 5.11 Å². The Hall–Kier alpha value is -1.90. The van der Waals surface area contributed by atoms with Gasteiger partial charge in [-0.05, 0) is 11.5 Å². The van der Waals surface area contributed by atoms with Crippen LogP contribution in [0.1, 0.15) is 25.3 Å². The predicted octanol–water partition coefficient (Wildman–Crippen LogP) is 2.97. The number of nitrogens with zero attached hydrogens (tertiary/aromatic N) is 2. The van der Waals surface area contributed by atoms with Crippen LogP contribution in [0.5, 0.6) is 5.75 Å². The fourth-order valence-corrected chi connectivity index (χ4v) is 1.66. The van der Waals surface area contributed by atoms with Gasteiger partial charge in [-0.3, -0.25) is 0 Å². The van der Waals surface area contributed by atoms with Crippen molar-refractivity contribution in [1.29, 1.82) is 0 Å². The van der Waals surface area contributed by atoms with E-state index in [1.54, 1.807) is 0 Å². The molecule has 0 aliphatic rings. The van der Waals surface area contributed by atoms with E-state index in [0.717, 1.165) is 5.56 Å². The van der Waals surface area contributed by atoms with E-state index in [9.17, 15) is 0 Å². The first-order chi connectivity index (χ1) is 7.68. The quantitative estimate of drug-likeness (QED) is 0.835. The van der Waals surface area contributed by atoms with Gasteiger partial charge in [-0.2, -0.15) is 0 Å². The van der Waals surface area contributed by atoms with Crippen molar-refractivity contribution < 1.29 is 5.11 Å². The summed E-state index contributed by atoms with van der Waals surface area (Å²) in [4.78, 5) is 8.26. The van der Waals surface area contributed by atoms with Gasteiger partial charge in [0.1, 0.15) is 0 Å². The van der Waals surface area contributed by atoms with Crippen LogP contribution in [0.2, 0.25) is 0 Å². The van der Waals surface area contributed by atoms with Gasteiger partial charge < -0.3 is 5.11 Å². The molecule has 1 aromatic heterocycles. The fourth-order valence-electron chi connectivity index (χ4n) is 1.66. The number of benzene rings is 1. The lowest BCUT2D eigenvalue weighted by Gasteiger charge is -2.10. The number of rotatable bonds is 2. The Morgan fingerprint density at radius 2 is 1.69 bits per heavy atom. The van der Waals surface area contributed by atoms with E-state index in [-0.39, 0.29) is 5.75 Å². The molecule has 0 aliphatic carbocycles. The van der Waals surface area contributed by atoms with Crippen molar-refractivity contribution in [3.8, 4) is 17.1 Å². The average molecular weight is 214 g/mol. The molecule has 0 unspecified atom stereocenters. The van der Waals surface area contributed by atoms with Crippen LogP contribution in [0.3, 0.4) is 0 Å². The zero-order chi connectivity index (χ0) is 11.5. The molecule has 82 valence electrons. The third-order valence-electron chi connectivity index (χ3n) is 2.46. The normalized spacial score (nSPS) is 10.7. The minimum Gasteiger partial charge on any atom is -0.505 e. The first kappa shape index (κ1) is 10.6. The maximum atomic E-state index is 9.16. The van der Waals surface area contributed by atoms with Crippen molar-refractivity contribution >= 4 is 0 Å². The molecule has 0 saturated carbocycles. The smallest absolute Gasteiger partial charge is 0.159 e. The summed E-state index contributed by atoms with van der Waals surface area (Å²) in [6.07, 6.45) is 2.83. The molecule has 0 bridgehead atoms. The third-order valence-corrected chi connectivity index (χ3v) is 2.46. The SMILES string of the molecule is CC(C)c1ccccc1-c1ncc(O)cn1. The Kier molecular flexibility index (Phi) is 2.86. The topological polar surface area (TPSA) is 46.0 Å². The Morgan fingerprint density at radius 1 is 1.06 bits per heavy atom. The molecular formula is C13H14N2O. The highest BCUT2D eigenvalue weighted by molar-refractivity contribution is 5.60. The number of hydrogen-bond acceptors (Lipinski definition) is 3. The summed E-state index contributed by atoms with van der Waals surface area (Å²) in [5.41, 5.74) is 2.24. The summed E-state index contributed by atoms with van der Waals surface area (Å²) in [6.45, 7) is 4.28. The molecule has 1 heterocycles. The first-order valence-corrected chi connectivity index (χ1v) is 5.29. The fraction of sp³-hybridized carbons (Fsp3) is 0.231. The number of aromatic hydroxyl groups is 1. The molecule has 3 heteroatoms. The van der Waals surface area contributed by atoms with E-state index < -0.39 is 0 Å². The van der Waals surface area contributed by atoms with Crippen LogP contribution in [0, 0.1) is 0 Å². The maximum Gasteiger partial charge on any atom is 0.159 e. The molecular weight excluding hydrogens is 200 g/mol. The highest BCUT2D eigenvalue weighted by atomic mass is 16.3. The highest BCUT2D eigenvalue weighted by Crippen LogP contribution is 2.26. The minimum atomic E-state index is 0.0887. The van der Waals surface area contributed by atoms with Crippen molar-refractivity contribution in [3.05, 3.63) is 42.2 Å². The second-order valence-electron chi connectivity index (χ2n) is 4.01. The molecule has 16 heavy (non-hydrogen) atoms. The van der Waals surface area contributed by atoms with Gasteiger partial charge in [-0.15, -0.1) is 0 Å². The lowest BCUT2D eigenvalue weighted by molar-refractivity contribution is 0.470. The molecule has 1 N–H and O–H groups in total. The summed E-state index contributed by atoms with van der Waals surface area (Å²) >= 11 is 0. The van der Waals surface area contributed by atoms with Crippen molar-refractivity contribution in [2.75, 3.05) is 0 Å². The second-order valence-corrected chi connectivity index (χ2v) is 4.01. The molecule has 2 aromatic rings. The highest BCUT2D eigenvalue weighted by Gasteiger charge is 2.09. The molecule has 3 nitrogen and oxygen atoms in total. The van der Waals surface area contributed by atoms with Gasteiger partial charge in [0.2, 0.25) is 0 Å². The summed E-state index contributed by atoms with van der Waals surface area (Å²) < 4.78 is 0. The van der Waals surface area contributed by atoms with Gasteiger partial charge in [0, 0.05) is 5.56 Å². The lowest BCUT2D eigenvalue weighted by atomic mass is 9.97. The van der Waals surface area contributed by atoms with Crippen molar-refractivity contribution in [2.24, 2.45) is 0 Å². The van der Waals surface area contributed by atoms with E-state index in [1.807, 2.05) is 18.2 Å². The van der Waals surface area contributed by atoms with Crippen LogP contribution in [-0.4, -0.2) is 15.1 Å². The van der Waals surface area contributed by atoms with E-state index in [1.165, 1.54) is 18.0 Å². The van der Waals surface area contributed by atoms with E-state index in [0.29, 0.717) is 11.7 Å². The minimum absolute atomic E-state index is 0.0887. The number of hydrogen-bond donors (Lipinski definition) is 1. The van der Waals surface area contributed by atoms with Crippen molar-refractivity contribution in [2.45, 2.75) is 19.8 Å². The van der Waals surface area contributed by atoms with Crippen molar-refractivity contribution in [1.82, 2.24) is 9.97 Å².